The van der Waals surface area contributed by atoms with E-state index >= 15 is 0 Å². The lowest BCUT2D eigenvalue weighted by molar-refractivity contribution is -0.161. The molecule has 57 heavy (non-hydrogen) atoms. The highest BCUT2D eigenvalue weighted by Crippen LogP contribution is 2.42. The molecule has 0 amide bonds. The molecule has 0 rings (SSSR count). The summed E-state index contributed by atoms with van der Waals surface area (Å²) >= 11 is 0. The summed E-state index contributed by atoms with van der Waals surface area (Å²) in [4.78, 5) is 34.5. The highest BCUT2D eigenvalue weighted by molar-refractivity contribution is 7.47. The van der Waals surface area contributed by atoms with Crippen LogP contribution in [0.3, 0.4) is 0 Å². The van der Waals surface area contributed by atoms with Crippen molar-refractivity contribution in [3.8, 4) is 0 Å². The molecule has 0 spiro atoms. The fraction of sp³-hybridized carbons (Fsp3) is 0.708. The number of hydrogen-bond acceptors (Lipinski definition) is 7. The van der Waals surface area contributed by atoms with Crippen LogP contribution in [0.2, 0.25) is 0 Å². The molecule has 0 saturated heterocycles. The number of esters is 2. The molecule has 8 nitrogen and oxygen atoms in total. The summed E-state index contributed by atoms with van der Waals surface area (Å²) in [6.07, 6.45) is 55.4. The first-order valence-electron chi connectivity index (χ1n) is 22.6. The van der Waals surface area contributed by atoms with Crippen molar-refractivity contribution >= 4 is 19.8 Å². The van der Waals surface area contributed by atoms with E-state index in [1.54, 1.807) is 0 Å². The van der Waals surface area contributed by atoms with Gasteiger partial charge in [-0.25, -0.2) is 4.57 Å². The van der Waals surface area contributed by atoms with Gasteiger partial charge in [-0.1, -0.05) is 170 Å². The molecule has 1 N–H and O–H groups in total. The van der Waals surface area contributed by atoms with Gasteiger partial charge in [-0.3, -0.25) is 18.6 Å². The van der Waals surface area contributed by atoms with Crippen molar-refractivity contribution in [3.05, 3.63) is 72.9 Å². The Bertz CT molecular complexity index is 1160. The number of hydrogen-bond donors (Lipinski definition) is 1. The van der Waals surface area contributed by atoms with Crippen molar-refractivity contribution in [2.75, 3.05) is 20.3 Å². The molecule has 328 valence electrons. The predicted molar refractivity (Wildman–Crippen MR) is 239 cm³/mol. The molecule has 0 aromatic carbocycles. The monoisotopic (exact) mass is 819 g/mol. The number of phosphoric acid groups is 1. The van der Waals surface area contributed by atoms with Crippen molar-refractivity contribution in [3.63, 3.8) is 0 Å². The number of phosphoric ester groups is 1. The van der Waals surface area contributed by atoms with Gasteiger partial charge in [-0.15, -0.1) is 0 Å². The highest BCUT2D eigenvalue weighted by Gasteiger charge is 2.24. The Morgan fingerprint density at radius 3 is 1.37 bits per heavy atom. The normalized spacial score (nSPS) is 14.0. The van der Waals surface area contributed by atoms with Gasteiger partial charge < -0.3 is 14.4 Å². The van der Waals surface area contributed by atoms with Crippen LogP contribution in [0.25, 0.3) is 0 Å². The van der Waals surface area contributed by atoms with E-state index < -0.39 is 26.5 Å². The van der Waals surface area contributed by atoms with E-state index in [-0.39, 0.29) is 25.4 Å². The van der Waals surface area contributed by atoms with Crippen molar-refractivity contribution in [1.82, 2.24) is 0 Å². The van der Waals surface area contributed by atoms with E-state index in [4.69, 9.17) is 14.0 Å². The SMILES string of the molecule is CC/C=C\C/C=C\C/C=C\C/C=C\CCCCC(=O)OC(COC(=O)CCCCCCCCCCCCC/C=C\C/C=C\CCCCCCC)COP(=O)(O)OC. The number of rotatable bonds is 41. The van der Waals surface area contributed by atoms with Crippen LogP contribution in [0.15, 0.2) is 72.9 Å². The second-order valence-corrected chi connectivity index (χ2v) is 16.4. The summed E-state index contributed by atoms with van der Waals surface area (Å²) in [5.74, 6) is -0.857. The lowest BCUT2D eigenvalue weighted by Crippen LogP contribution is -2.29. The zero-order chi connectivity index (χ0) is 41.8. The maximum atomic E-state index is 12.5. The molecule has 0 aromatic heterocycles. The van der Waals surface area contributed by atoms with Gasteiger partial charge in [-0.05, 0) is 83.5 Å². The summed E-state index contributed by atoms with van der Waals surface area (Å²) < 4.78 is 32.0. The molecule has 0 aliphatic rings. The maximum absolute atomic E-state index is 12.5. The number of allylic oxidation sites excluding steroid dienone is 12. The Morgan fingerprint density at radius 2 is 0.895 bits per heavy atom. The van der Waals surface area contributed by atoms with Crippen molar-refractivity contribution in [2.24, 2.45) is 0 Å². The topological polar surface area (TPSA) is 108 Å². The first kappa shape index (κ1) is 54.5. The van der Waals surface area contributed by atoms with Crippen LogP contribution in [0.5, 0.6) is 0 Å². The summed E-state index contributed by atoms with van der Waals surface area (Å²) in [7, 11) is -3.23. The molecule has 2 unspecified atom stereocenters. The Morgan fingerprint density at radius 1 is 0.509 bits per heavy atom. The van der Waals surface area contributed by atoms with Crippen LogP contribution in [-0.2, 0) is 32.7 Å². The first-order valence-corrected chi connectivity index (χ1v) is 24.1. The number of carbonyl (C=O) groups excluding carboxylic acids is 2. The smallest absolute Gasteiger partial charge is 0.462 e. The van der Waals surface area contributed by atoms with Crippen molar-refractivity contribution in [2.45, 2.75) is 200 Å². The lowest BCUT2D eigenvalue weighted by Gasteiger charge is -2.19. The average Bonchev–Trinajstić information content (AvgIpc) is 3.20. The zero-order valence-electron chi connectivity index (χ0n) is 36.5. The second-order valence-electron chi connectivity index (χ2n) is 14.8. The van der Waals surface area contributed by atoms with Gasteiger partial charge in [0.2, 0.25) is 0 Å². The van der Waals surface area contributed by atoms with Crippen LogP contribution in [0.4, 0.5) is 0 Å². The van der Waals surface area contributed by atoms with E-state index in [9.17, 15) is 19.0 Å². The summed E-state index contributed by atoms with van der Waals surface area (Å²) in [6, 6.07) is 0. The van der Waals surface area contributed by atoms with E-state index in [2.05, 4.69) is 91.3 Å². The Labute approximate surface area is 349 Å². The minimum Gasteiger partial charge on any atom is -0.462 e. The molecule has 0 fully saturated rings. The molecule has 2 atom stereocenters. The van der Waals surface area contributed by atoms with E-state index in [0.29, 0.717) is 6.42 Å². The van der Waals surface area contributed by atoms with Crippen LogP contribution in [-0.4, -0.2) is 43.3 Å². The van der Waals surface area contributed by atoms with E-state index in [0.717, 1.165) is 71.3 Å². The van der Waals surface area contributed by atoms with Crippen molar-refractivity contribution in [1.29, 1.82) is 0 Å². The molecule has 0 bridgehead atoms. The summed E-state index contributed by atoms with van der Waals surface area (Å²) in [6.45, 7) is 3.73. The molecule has 0 saturated carbocycles. The van der Waals surface area contributed by atoms with Crippen LogP contribution >= 0.6 is 7.82 Å². The molecule has 0 aliphatic heterocycles. The van der Waals surface area contributed by atoms with Crippen molar-refractivity contribution < 1.29 is 37.6 Å². The van der Waals surface area contributed by atoms with Crippen LogP contribution in [0, 0.1) is 0 Å². The van der Waals surface area contributed by atoms with Gasteiger partial charge in [-0.2, -0.15) is 0 Å². The van der Waals surface area contributed by atoms with Gasteiger partial charge in [0, 0.05) is 20.0 Å². The van der Waals surface area contributed by atoms with Gasteiger partial charge in [0.1, 0.15) is 6.61 Å². The van der Waals surface area contributed by atoms with Gasteiger partial charge in [0.25, 0.3) is 0 Å². The molecular weight excluding hydrogens is 735 g/mol. The average molecular weight is 819 g/mol. The zero-order valence-corrected chi connectivity index (χ0v) is 37.4. The van der Waals surface area contributed by atoms with Crippen LogP contribution < -0.4 is 0 Å². The predicted octanol–water partition coefficient (Wildman–Crippen LogP) is 14.5. The molecular formula is C48H83O8P. The summed E-state index contributed by atoms with van der Waals surface area (Å²) in [5.41, 5.74) is 0. The lowest BCUT2D eigenvalue weighted by atomic mass is 10.0. The minimum absolute atomic E-state index is 0.189. The molecule has 0 aromatic rings. The second kappa shape index (κ2) is 43.1. The summed E-state index contributed by atoms with van der Waals surface area (Å²) in [5, 5.41) is 0. The molecule has 0 radical (unpaired) electrons. The van der Waals surface area contributed by atoms with Crippen LogP contribution in [0.1, 0.15) is 194 Å². The fourth-order valence-electron chi connectivity index (χ4n) is 5.97. The first-order chi connectivity index (χ1) is 27.8. The quantitative estimate of drug-likeness (QED) is 0.0281. The molecule has 0 heterocycles. The number of carbonyl (C=O) groups is 2. The van der Waals surface area contributed by atoms with Gasteiger partial charge >= 0.3 is 19.8 Å². The Hall–Kier alpha value is -2.51. The molecule has 9 heteroatoms. The van der Waals surface area contributed by atoms with Gasteiger partial charge in [0.05, 0.1) is 6.61 Å². The Kier molecular flexibility index (Phi) is 41.2. The standard InChI is InChI=1S/C48H83O8P/c1-4-6-8-10-12-14-16-18-20-21-22-23-24-25-26-27-29-30-32-34-36-38-40-42-47(49)54-44-46(45-55-57(51,52)53-3)56-48(50)43-41-39-37-35-33-31-28-19-17-15-13-11-9-7-5-2/h7,9,13,15-16,18-19,21-22,28,33,35,46H,4-6,8,10-12,14,17,20,23-27,29-32,34,36-45H2,1-3H3,(H,51,52)/b9-7-,15-13-,18-16-,22-21-,28-19-,35-33-. The number of ether oxygens (including phenoxy) is 2. The third-order valence-corrected chi connectivity index (χ3v) is 10.4. The minimum atomic E-state index is -4.28. The fourth-order valence-corrected chi connectivity index (χ4v) is 6.43. The molecule has 0 aliphatic carbocycles. The number of unbranched alkanes of at least 4 members (excludes halogenated alkanes) is 18. The Balaban J connectivity index is 3.99. The van der Waals surface area contributed by atoms with Gasteiger partial charge in [0.15, 0.2) is 6.10 Å². The maximum Gasteiger partial charge on any atom is 0.472 e. The highest BCUT2D eigenvalue weighted by atomic mass is 31.2. The van der Waals surface area contributed by atoms with E-state index in [1.165, 1.54) is 96.3 Å². The van der Waals surface area contributed by atoms with E-state index in [1.807, 2.05) is 0 Å². The largest absolute Gasteiger partial charge is 0.472 e. The third-order valence-electron chi connectivity index (χ3n) is 9.43. The third kappa shape index (κ3) is 42.9.